The van der Waals surface area contributed by atoms with E-state index in [0.717, 1.165) is 5.56 Å². The highest BCUT2D eigenvalue weighted by Crippen LogP contribution is 2.40. The normalized spacial score (nSPS) is 14.3. The van der Waals surface area contributed by atoms with Gasteiger partial charge in [-0.3, -0.25) is 4.79 Å². The Labute approximate surface area is 225 Å². The number of halogens is 1. The molecule has 0 spiro atoms. The molecule has 1 atom stereocenters. The molecule has 2 N–H and O–H groups in total. The molecule has 0 bridgehead atoms. The molecule has 39 heavy (non-hydrogen) atoms. The van der Waals surface area contributed by atoms with Gasteiger partial charge < -0.3 is 24.8 Å². The van der Waals surface area contributed by atoms with Crippen molar-refractivity contribution in [3.05, 3.63) is 89.4 Å². The standard InChI is InChI=1S/C29H28FN5O4/c1-5-39-23-15-12-19(16-24(23)38-4)26-25(28(36)32-21-8-6-7-9-22(21)37-3)17(2)31-29-33-27(34-35(26)29)18-10-13-20(30)14-11-18/h6-16,26H,5H2,1-4H3,(H,32,36)(H,31,33,34). The number of para-hydroxylation sites is 2. The molecule has 3 aromatic carbocycles. The van der Waals surface area contributed by atoms with Crippen LogP contribution in [0.5, 0.6) is 17.2 Å². The smallest absolute Gasteiger partial charge is 0.255 e. The van der Waals surface area contributed by atoms with Crippen LogP contribution in [0.3, 0.4) is 0 Å². The molecular weight excluding hydrogens is 501 g/mol. The van der Waals surface area contributed by atoms with Crippen LogP contribution in [0, 0.1) is 5.82 Å². The number of methoxy groups -OCH3 is 2. The van der Waals surface area contributed by atoms with E-state index in [9.17, 15) is 9.18 Å². The van der Waals surface area contributed by atoms with E-state index in [1.807, 2.05) is 44.2 Å². The van der Waals surface area contributed by atoms with Crippen LogP contribution in [0.15, 0.2) is 78.0 Å². The molecule has 1 unspecified atom stereocenters. The Hall–Kier alpha value is -4.86. The summed E-state index contributed by atoms with van der Waals surface area (Å²) in [5.41, 5.74) is 2.93. The van der Waals surface area contributed by atoms with Crippen LogP contribution in [-0.2, 0) is 4.79 Å². The highest BCUT2D eigenvalue weighted by atomic mass is 19.1. The average molecular weight is 530 g/mol. The molecule has 1 amide bonds. The molecule has 5 rings (SSSR count). The molecule has 1 aromatic heterocycles. The Morgan fingerprint density at radius 2 is 1.77 bits per heavy atom. The summed E-state index contributed by atoms with van der Waals surface area (Å²) in [6.07, 6.45) is 0. The van der Waals surface area contributed by atoms with Gasteiger partial charge in [0.05, 0.1) is 32.1 Å². The zero-order valence-electron chi connectivity index (χ0n) is 22.0. The van der Waals surface area contributed by atoms with Crippen LogP contribution in [0.1, 0.15) is 25.5 Å². The summed E-state index contributed by atoms with van der Waals surface area (Å²) in [6, 6.07) is 18.0. The first-order chi connectivity index (χ1) is 18.9. The molecule has 9 nitrogen and oxygen atoms in total. The van der Waals surface area contributed by atoms with E-state index in [2.05, 4.69) is 15.6 Å². The molecule has 1 aliphatic heterocycles. The first-order valence-corrected chi connectivity index (χ1v) is 12.4. The van der Waals surface area contributed by atoms with E-state index in [1.165, 1.54) is 12.1 Å². The fraction of sp³-hybridized carbons (Fsp3) is 0.207. The molecule has 4 aromatic rings. The second-order valence-electron chi connectivity index (χ2n) is 8.77. The maximum atomic E-state index is 13.9. The number of fused-ring (bicyclic) bond motifs is 1. The Balaban J connectivity index is 1.62. The Morgan fingerprint density at radius 1 is 1.03 bits per heavy atom. The highest BCUT2D eigenvalue weighted by molar-refractivity contribution is 6.06. The van der Waals surface area contributed by atoms with Crippen molar-refractivity contribution in [1.82, 2.24) is 14.8 Å². The number of allylic oxidation sites excluding steroid dienone is 1. The molecule has 0 fully saturated rings. The van der Waals surface area contributed by atoms with E-state index in [1.54, 1.807) is 43.2 Å². The third-order valence-corrected chi connectivity index (χ3v) is 6.36. The molecule has 0 aliphatic carbocycles. The Morgan fingerprint density at radius 3 is 2.49 bits per heavy atom. The zero-order chi connectivity index (χ0) is 27.5. The van der Waals surface area contributed by atoms with Crippen LogP contribution < -0.4 is 24.8 Å². The van der Waals surface area contributed by atoms with Gasteiger partial charge in [0.25, 0.3) is 5.91 Å². The summed E-state index contributed by atoms with van der Waals surface area (Å²) in [7, 11) is 3.11. The van der Waals surface area contributed by atoms with Crippen molar-refractivity contribution in [2.24, 2.45) is 0 Å². The lowest BCUT2D eigenvalue weighted by atomic mass is 9.94. The monoisotopic (exact) mass is 529 g/mol. The van der Waals surface area contributed by atoms with Gasteiger partial charge in [0, 0.05) is 11.3 Å². The van der Waals surface area contributed by atoms with Crippen molar-refractivity contribution in [1.29, 1.82) is 0 Å². The number of anilines is 2. The second kappa shape index (κ2) is 10.9. The van der Waals surface area contributed by atoms with Crippen LogP contribution in [0.2, 0.25) is 0 Å². The number of rotatable bonds is 8. The van der Waals surface area contributed by atoms with Gasteiger partial charge in [-0.2, -0.15) is 4.98 Å². The lowest BCUT2D eigenvalue weighted by Gasteiger charge is -2.29. The molecule has 0 saturated heterocycles. The number of amides is 1. The van der Waals surface area contributed by atoms with E-state index >= 15 is 0 Å². The number of hydrogen-bond acceptors (Lipinski definition) is 7. The summed E-state index contributed by atoms with van der Waals surface area (Å²) < 4.78 is 31.9. The SMILES string of the molecule is CCOc1ccc(C2C(C(=O)Nc3ccccc3OC)=C(C)Nc3nc(-c4ccc(F)cc4)nn32)cc1OC. The van der Waals surface area contributed by atoms with Gasteiger partial charge >= 0.3 is 0 Å². The van der Waals surface area contributed by atoms with Gasteiger partial charge in [0.15, 0.2) is 17.3 Å². The Bertz CT molecular complexity index is 1550. The summed E-state index contributed by atoms with van der Waals surface area (Å²) in [4.78, 5) is 18.5. The minimum Gasteiger partial charge on any atom is -0.495 e. The predicted octanol–water partition coefficient (Wildman–Crippen LogP) is 5.43. The van der Waals surface area contributed by atoms with Gasteiger partial charge in [-0.25, -0.2) is 9.07 Å². The molecule has 200 valence electrons. The van der Waals surface area contributed by atoms with E-state index in [-0.39, 0.29) is 11.7 Å². The topological polar surface area (TPSA) is 99.5 Å². The average Bonchev–Trinajstić information content (AvgIpc) is 3.36. The first kappa shape index (κ1) is 25.8. The Kier molecular flexibility index (Phi) is 7.18. The summed E-state index contributed by atoms with van der Waals surface area (Å²) in [6.45, 7) is 4.18. The summed E-state index contributed by atoms with van der Waals surface area (Å²) in [5, 5.41) is 10.9. The molecule has 0 saturated carbocycles. The van der Waals surface area contributed by atoms with Crippen LogP contribution in [0.4, 0.5) is 16.0 Å². The minimum absolute atomic E-state index is 0.341. The molecule has 1 aliphatic rings. The van der Waals surface area contributed by atoms with Gasteiger partial charge in [-0.05, 0) is 67.9 Å². The van der Waals surface area contributed by atoms with E-state index < -0.39 is 6.04 Å². The van der Waals surface area contributed by atoms with Crippen molar-refractivity contribution in [2.45, 2.75) is 19.9 Å². The number of nitrogens with zero attached hydrogens (tertiary/aromatic N) is 3. The first-order valence-electron chi connectivity index (χ1n) is 12.4. The fourth-order valence-electron chi connectivity index (χ4n) is 4.54. The number of hydrogen-bond donors (Lipinski definition) is 2. The summed E-state index contributed by atoms with van der Waals surface area (Å²) >= 11 is 0. The van der Waals surface area contributed by atoms with Crippen molar-refractivity contribution < 1.29 is 23.4 Å². The minimum atomic E-state index is -0.665. The number of aromatic nitrogens is 3. The van der Waals surface area contributed by atoms with Gasteiger partial charge in [0.2, 0.25) is 5.95 Å². The fourth-order valence-corrected chi connectivity index (χ4v) is 4.54. The van der Waals surface area contributed by atoms with Crippen LogP contribution in [-0.4, -0.2) is 41.5 Å². The molecule has 2 heterocycles. The number of ether oxygens (including phenoxy) is 3. The number of nitrogens with one attached hydrogen (secondary N) is 2. The third-order valence-electron chi connectivity index (χ3n) is 6.36. The van der Waals surface area contributed by atoms with Crippen LogP contribution in [0.25, 0.3) is 11.4 Å². The quantitative estimate of drug-likeness (QED) is 0.314. The maximum absolute atomic E-state index is 13.9. The lowest BCUT2D eigenvalue weighted by molar-refractivity contribution is -0.113. The summed E-state index contributed by atoms with van der Waals surface area (Å²) in [5.74, 6) is 1.78. The highest BCUT2D eigenvalue weighted by Gasteiger charge is 2.35. The van der Waals surface area contributed by atoms with Gasteiger partial charge in [-0.1, -0.05) is 18.2 Å². The molecule has 0 radical (unpaired) electrons. The maximum Gasteiger partial charge on any atom is 0.255 e. The molecular formula is C29H28FN5O4. The van der Waals surface area contributed by atoms with Crippen molar-refractivity contribution in [2.75, 3.05) is 31.5 Å². The number of carbonyl (C=O) groups is 1. The van der Waals surface area contributed by atoms with Crippen molar-refractivity contribution in [3.63, 3.8) is 0 Å². The van der Waals surface area contributed by atoms with E-state index in [0.29, 0.717) is 58.1 Å². The number of carbonyl (C=O) groups excluding carboxylic acids is 1. The van der Waals surface area contributed by atoms with Crippen LogP contribution >= 0.6 is 0 Å². The zero-order valence-corrected chi connectivity index (χ0v) is 22.0. The van der Waals surface area contributed by atoms with Gasteiger partial charge in [0.1, 0.15) is 17.6 Å². The van der Waals surface area contributed by atoms with E-state index in [4.69, 9.17) is 19.3 Å². The van der Waals surface area contributed by atoms with Crippen molar-refractivity contribution >= 4 is 17.5 Å². The predicted molar refractivity (Wildman–Crippen MR) is 146 cm³/mol. The largest absolute Gasteiger partial charge is 0.495 e. The molecule has 10 heteroatoms. The lowest BCUT2D eigenvalue weighted by Crippen LogP contribution is -2.31. The van der Waals surface area contributed by atoms with Gasteiger partial charge in [-0.15, -0.1) is 5.10 Å². The second-order valence-corrected chi connectivity index (χ2v) is 8.77. The third kappa shape index (κ3) is 5.00. The van der Waals surface area contributed by atoms with Crippen molar-refractivity contribution in [3.8, 4) is 28.6 Å². The number of benzene rings is 3.